The van der Waals surface area contributed by atoms with Gasteiger partial charge in [-0.25, -0.2) is 9.18 Å². The first-order valence-corrected chi connectivity index (χ1v) is 6.04. The third-order valence-electron chi connectivity index (χ3n) is 2.61. The molecule has 0 amide bonds. The maximum Gasteiger partial charge on any atom is 0.339 e. The number of halogens is 2. The highest BCUT2D eigenvalue weighted by Gasteiger charge is 2.12. The number of nitrogen functional groups attached to an aromatic ring is 1. The van der Waals surface area contributed by atoms with Crippen LogP contribution in [-0.4, -0.2) is 11.1 Å². The second kappa shape index (κ2) is 5.79. The van der Waals surface area contributed by atoms with Crippen LogP contribution in [0.5, 0.6) is 5.75 Å². The molecule has 0 spiro atoms. The van der Waals surface area contributed by atoms with Crippen LogP contribution in [0.4, 0.5) is 10.1 Å². The zero-order valence-electron chi connectivity index (χ0n) is 10.3. The summed E-state index contributed by atoms with van der Waals surface area (Å²) in [5.74, 6) is -1.49. The normalized spacial score (nSPS) is 10.3. The quantitative estimate of drug-likeness (QED) is 0.849. The molecule has 0 bridgehead atoms. The highest BCUT2D eigenvalue weighted by atomic mass is 35.5. The lowest BCUT2D eigenvalue weighted by atomic mass is 10.2. The van der Waals surface area contributed by atoms with Crippen molar-refractivity contribution in [1.29, 1.82) is 0 Å². The predicted octanol–water partition coefficient (Wildman–Crippen LogP) is 3.34. The molecule has 0 aliphatic rings. The average molecular weight is 296 g/mol. The molecule has 0 radical (unpaired) electrons. The largest absolute Gasteiger partial charge is 0.488 e. The molecule has 104 valence electrons. The fraction of sp³-hybridized carbons (Fsp3) is 0.0714. The van der Waals surface area contributed by atoms with Gasteiger partial charge in [-0.05, 0) is 29.8 Å². The molecular formula is C14H11ClFNO3. The molecule has 0 aliphatic heterocycles. The molecule has 2 aromatic rings. The van der Waals surface area contributed by atoms with Crippen molar-refractivity contribution in [3.8, 4) is 5.75 Å². The Morgan fingerprint density at radius 1 is 1.30 bits per heavy atom. The van der Waals surface area contributed by atoms with E-state index in [0.717, 1.165) is 0 Å². The van der Waals surface area contributed by atoms with E-state index < -0.39 is 11.8 Å². The van der Waals surface area contributed by atoms with Crippen LogP contribution in [-0.2, 0) is 6.61 Å². The molecule has 20 heavy (non-hydrogen) atoms. The highest BCUT2D eigenvalue weighted by molar-refractivity contribution is 6.30. The van der Waals surface area contributed by atoms with Gasteiger partial charge < -0.3 is 15.6 Å². The minimum Gasteiger partial charge on any atom is -0.488 e. The van der Waals surface area contributed by atoms with Gasteiger partial charge in [0.15, 0.2) is 0 Å². The lowest BCUT2D eigenvalue weighted by Crippen LogP contribution is -2.04. The molecule has 6 heteroatoms. The Morgan fingerprint density at radius 2 is 2.05 bits per heavy atom. The summed E-state index contributed by atoms with van der Waals surface area (Å²) in [5.41, 5.74) is 6.62. The summed E-state index contributed by atoms with van der Waals surface area (Å²) in [6.07, 6.45) is 0. The summed E-state index contributed by atoms with van der Waals surface area (Å²) < 4.78 is 18.4. The van der Waals surface area contributed by atoms with Gasteiger partial charge >= 0.3 is 5.97 Å². The van der Waals surface area contributed by atoms with Gasteiger partial charge in [-0.2, -0.15) is 0 Å². The number of benzene rings is 2. The van der Waals surface area contributed by atoms with E-state index in [4.69, 9.17) is 27.2 Å². The summed E-state index contributed by atoms with van der Waals surface area (Å²) in [6.45, 7) is 0.0593. The summed E-state index contributed by atoms with van der Waals surface area (Å²) in [5, 5.41) is 9.03. The second-order valence-electron chi connectivity index (χ2n) is 4.10. The first-order chi connectivity index (χ1) is 9.47. The van der Waals surface area contributed by atoms with Gasteiger partial charge in [-0.15, -0.1) is 0 Å². The van der Waals surface area contributed by atoms with E-state index in [1.807, 2.05) is 0 Å². The Morgan fingerprint density at radius 3 is 2.70 bits per heavy atom. The SMILES string of the molecule is Nc1ccc(C(=O)O)c(OCc2ccc(F)c(Cl)c2)c1. The van der Waals surface area contributed by atoms with E-state index in [1.54, 1.807) is 0 Å². The van der Waals surface area contributed by atoms with E-state index in [0.29, 0.717) is 11.3 Å². The zero-order chi connectivity index (χ0) is 14.7. The Hall–Kier alpha value is -2.27. The average Bonchev–Trinajstić information content (AvgIpc) is 2.40. The number of carboxylic acids is 1. The number of aromatic carboxylic acids is 1. The third kappa shape index (κ3) is 3.19. The first kappa shape index (κ1) is 14.1. The molecule has 0 heterocycles. The smallest absolute Gasteiger partial charge is 0.339 e. The lowest BCUT2D eigenvalue weighted by Gasteiger charge is -2.10. The van der Waals surface area contributed by atoms with Crippen LogP contribution in [0.3, 0.4) is 0 Å². The van der Waals surface area contributed by atoms with Gasteiger partial charge in [0.25, 0.3) is 0 Å². The molecular weight excluding hydrogens is 285 g/mol. The van der Waals surface area contributed by atoms with Crippen LogP contribution in [0.15, 0.2) is 36.4 Å². The molecule has 0 aliphatic carbocycles. The Bertz CT molecular complexity index is 661. The number of carbonyl (C=O) groups is 1. The van der Waals surface area contributed by atoms with E-state index in [1.165, 1.54) is 36.4 Å². The monoisotopic (exact) mass is 295 g/mol. The van der Waals surface area contributed by atoms with Crippen LogP contribution in [0.1, 0.15) is 15.9 Å². The van der Waals surface area contributed by atoms with Crippen LogP contribution in [0.2, 0.25) is 5.02 Å². The van der Waals surface area contributed by atoms with Gasteiger partial charge in [0, 0.05) is 11.8 Å². The number of hydrogen-bond donors (Lipinski definition) is 2. The van der Waals surface area contributed by atoms with Crippen LogP contribution in [0, 0.1) is 5.82 Å². The predicted molar refractivity (Wildman–Crippen MR) is 73.6 cm³/mol. The zero-order valence-corrected chi connectivity index (χ0v) is 11.0. The Kier molecular flexibility index (Phi) is 4.10. The van der Waals surface area contributed by atoms with Crippen molar-refractivity contribution in [3.63, 3.8) is 0 Å². The number of rotatable bonds is 4. The molecule has 2 aromatic carbocycles. The topological polar surface area (TPSA) is 72.6 Å². The van der Waals surface area contributed by atoms with E-state index in [9.17, 15) is 9.18 Å². The van der Waals surface area contributed by atoms with Crippen molar-refractivity contribution in [2.45, 2.75) is 6.61 Å². The molecule has 4 nitrogen and oxygen atoms in total. The van der Waals surface area contributed by atoms with E-state index >= 15 is 0 Å². The summed E-state index contributed by atoms with van der Waals surface area (Å²) >= 11 is 5.66. The maximum absolute atomic E-state index is 13.0. The standard InChI is InChI=1S/C14H11ClFNO3/c15-11-5-8(1-4-12(11)16)7-20-13-6-9(17)2-3-10(13)14(18)19/h1-6H,7,17H2,(H,18,19). The summed E-state index contributed by atoms with van der Waals surface area (Å²) in [6, 6.07) is 8.42. The van der Waals surface area contributed by atoms with Gasteiger partial charge in [-0.1, -0.05) is 17.7 Å². The van der Waals surface area contributed by atoms with Crippen LogP contribution in [0.25, 0.3) is 0 Å². The summed E-state index contributed by atoms with van der Waals surface area (Å²) in [4.78, 5) is 11.1. The van der Waals surface area contributed by atoms with Crippen molar-refractivity contribution >= 4 is 23.3 Å². The molecule has 0 aromatic heterocycles. The maximum atomic E-state index is 13.0. The lowest BCUT2D eigenvalue weighted by molar-refractivity contribution is 0.0692. The van der Waals surface area contributed by atoms with Crippen molar-refractivity contribution < 1.29 is 19.0 Å². The molecule has 0 saturated heterocycles. The minimum atomic E-state index is -1.11. The molecule has 0 fully saturated rings. The second-order valence-corrected chi connectivity index (χ2v) is 4.51. The van der Waals surface area contributed by atoms with Crippen LogP contribution >= 0.6 is 11.6 Å². The Balaban J connectivity index is 2.20. The molecule has 0 unspecified atom stereocenters. The Labute approximate surface area is 119 Å². The van der Waals surface area contributed by atoms with E-state index in [-0.39, 0.29) is 22.9 Å². The highest BCUT2D eigenvalue weighted by Crippen LogP contribution is 2.24. The summed E-state index contributed by atoms with van der Waals surface area (Å²) in [7, 11) is 0. The van der Waals surface area contributed by atoms with Crippen molar-refractivity contribution in [3.05, 3.63) is 58.4 Å². The number of anilines is 1. The van der Waals surface area contributed by atoms with Gasteiger partial charge in [-0.3, -0.25) is 0 Å². The van der Waals surface area contributed by atoms with Crippen molar-refractivity contribution in [2.75, 3.05) is 5.73 Å². The molecule has 3 N–H and O–H groups in total. The number of carboxylic acid groups (broad SMARTS) is 1. The minimum absolute atomic E-state index is 0.00686. The number of nitrogens with two attached hydrogens (primary N) is 1. The third-order valence-corrected chi connectivity index (χ3v) is 2.90. The molecule has 0 atom stereocenters. The van der Waals surface area contributed by atoms with Gasteiger partial charge in [0.05, 0.1) is 5.02 Å². The fourth-order valence-electron chi connectivity index (χ4n) is 1.63. The molecule has 0 saturated carbocycles. The van der Waals surface area contributed by atoms with Crippen LogP contribution < -0.4 is 10.5 Å². The molecule has 2 rings (SSSR count). The van der Waals surface area contributed by atoms with E-state index in [2.05, 4.69) is 0 Å². The fourth-order valence-corrected chi connectivity index (χ4v) is 1.83. The van der Waals surface area contributed by atoms with Gasteiger partial charge in [0.1, 0.15) is 23.7 Å². The van der Waals surface area contributed by atoms with Gasteiger partial charge in [0.2, 0.25) is 0 Å². The van der Waals surface area contributed by atoms with Crippen molar-refractivity contribution in [1.82, 2.24) is 0 Å². The number of ether oxygens (including phenoxy) is 1. The number of hydrogen-bond acceptors (Lipinski definition) is 3. The first-order valence-electron chi connectivity index (χ1n) is 5.67. The van der Waals surface area contributed by atoms with Crippen molar-refractivity contribution in [2.24, 2.45) is 0 Å².